The van der Waals surface area contributed by atoms with Gasteiger partial charge in [0.1, 0.15) is 17.3 Å². The van der Waals surface area contributed by atoms with Crippen LogP contribution in [0, 0.1) is 5.41 Å². The number of nitrogen functional groups attached to an aromatic ring is 1. The quantitative estimate of drug-likeness (QED) is 0.652. The molecule has 4 nitrogen and oxygen atoms in total. The molecule has 2 rings (SSSR count). The van der Waals surface area contributed by atoms with Crippen LogP contribution in [0.15, 0.2) is 42.5 Å². The summed E-state index contributed by atoms with van der Waals surface area (Å²) < 4.78 is 10.4. The first-order valence-corrected chi connectivity index (χ1v) is 5.82. The van der Waals surface area contributed by atoms with Crippen LogP contribution < -0.4 is 15.2 Å². The Balaban J connectivity index is 2.54. The molecule has 0 aliphatic rings. The molecule has 0 radical (unpaired) electrons. The zero-order valence-electron chi connectivity index (χ0n) is 10.9. The molecule has 98 valence electrons. The minimum Gasteiger partial charge on any atom is -0.497 e. The molecule has 0 fully saturated rings. The molecular formula is C15H16N2O2. The minimum absolute atomic E-state index is 0.0356. The van der Waals surface area contributed by atoms with Gasteiger partial charge >= 0.3 is 0 Å². The van der Waals surface area contributed by atoms with E-state index in [-0.39, 0.29) is 5.84 Å². The van der Waals surface area contributed by atoms with Gasteiger partial charge in [-0.3, -0.25) is 5.41 Å². The van der Waals surface area contributed by atoms with Gasteiger partial charge in [0, 0.05) is 5.56 Å². The van der Waals surface area contributed by atoms with Crippen molar-refractivity contribution in [2.75, 3.05) is 14.2 Å². The number of amidine groups is 1. The first-order chi connectivity index (χ1) is 9.15. The molecule has 0 spiro atoms. The molecule has 0 aliphatic heterocycles. The zero-order valence-corrected chi connectivity index (χ0v) is 10.9. The monoisotopic (exact) mass is 256 g/mol. The second-order valence-electron chi connectivity index (χ2n) is 4.05. The highest BCUT2D eigenvalue weighted by Crippen LogP contribution is 2.29. The molecule has 0 bridgehead atoms. The minimum atomic E-state index is 0.0356. The largest absolute Gasteiger partial charge is 0.497 e. The van der Waals surface area contributed by atoms with Gasteiger partial charge in [-0.15, -0.1) is 0 Å². The third-order valence-corrected chi connectivity index (χ3v) is 2.92. The van der Waals surface area contributed by atoms with E-state index in [1.165, 1.54) is 0 Å². The van der Waals surface area contributed by atoms with Crippen molar-refractivity contribution < 1.29 is 9.47 Å². The van der Waals surface area contributed by atoms with E-state index in [1.807, 2.05) is 30.3 Å². The molecule has 0 saturated carbocycles. The molecule has 4 heteroatoms. The summed E-state index contributed by atoms with van der Waals surface area (Å²) in [5, 5.41) is 7.64. The van der Waals surface area contributed by atoms with E-state index in [2.05, 4.69) is 0 Å². The Hall–Kier alpha value is -2.49. The summed E-state index contributed by atoms with van der Waals surface area (Å²) in [6.07, 6.45) is 0. The van der Waals surface area contributed by atoms with Crippen molar-refractivity contribution >= 4 is 5.84 Å². The summed E-state index contributed by atoms with van der Waals surface area (Å²) in [4.78, 5) is 0. The van der Waals surface area contributed by atoms with Gasteiger partial charge in [0.25, 0.3) is 0 Å². The summed E-state index contributed by atoms with van der Waals surface area (Å²) in [5.74, 6) is 1.56. The molecule has 19 heavy (non-hydrogen) atoms. The molecule has 2 aromatic carbocycles. The Bertz CT molecular complexity index is 592. The van der Waals surface area contributed by atoms with Crippen LogP contribution in [0.25, 0.3) is 11.1 Å². The molecule has 0 amide bonds. The zero-order chi connectivity index (χ0) is 13.8. The van der Waals surface area contributed by atoms with E-state index >= 15 is 0 Å². The van der Waals surface area contributed by atoms with Crippen molar-refractivity contribution in [3.05, 3.63) is 48.0 Å². The van der Waals surface area contributed by atoms with E-state index in [0.29, 0.717) is 5.56 Å². The number of hydrogen-bond acceptors (Lipinski definition) is 3. The average Bonchev–Trinajstić information content (AvgIpc) is 2.46. The second kappa shape index (κ2) is 5.44. The summed E-state index contributed by atoms with van der Waals surface area (Å²) in [5.41, 5.74) is 8.14. The normalized spacial score (nSPS) is 10.0. The fraction of sp³-hybridized carbons (Fsp3) is 0.133. The number of ether oxygens (including phenoxy) is 2. The lowest BCUT2D eigenvalue weighted by Crippen LogP contribution is -2.12. The van der Waals surface area contributed by atoms with E-state index in [4.69, 9.17) is 20.6 Å². The number of methoxy groups -OCH3 is 2. The Morgan fingerprint density at radius 2 is 1.53 bits per heavy atom. The van der Waals surface area contributed by atoms with Crippen molar-refractivity contribution in [2.45, 2.75) is 0 Å². The number of rotatable bonds is 4. The Morgan fingerprint density at radius 3 is 2.05 bits per heavy atom. The molecule has 0 saturated heterocycles. The maximum Gasteiger partial charge on any atom is 0.123 e. The van der Waals surface area contributed by atoms with E-state index in [0.717, 1.165) is 22.6 Å². The maximum absolute atomic E-state index is 7.64. The number of benzene rings is 2. The predicted octanol–water partition coefficient (Wildman–Crippen LogP) is 2.65. The number of hydrogen-bond donors (Lipinski definition) is 2. The van der Waals surface area contributed by atoms with Crippen LogP contribution in [0.1, 0.15) is 5.56 Å². The first kappa shape index (κ1) is 13.0. The van der Waals surface area contributed by atoms with Crippen LogP contribution >= 0.6 is 0 Å². The Kier molecular flexibility index (Phi) is 3.71. The molecule has 0 aromatic heterocycles. The van der Waals surface area contributed by atoms with Crippen molar-refractivity contribution in [3.8, 4) is 22.6 Å². The van der Waals surface area contributed by atoms with Crippen LogP contribution in [0.3, 0.4) is 0 Å². The fourth-order valence-electron chi connectivity index (χ4n) is 1.89. The molecular weight excluding hydrogens is 240 g/mol. The van der Waals surface area contributed by atoms with Gasteiger partial charge in [-0.05, 0) is 41.5 Å². The third kappa shape index (κ3) is 2.68. The fourth-order valence-corrected chi connectivity index (χ4v) is 1.89. The smallest absolute Gasteiger partial charge is 0.123 e. The molecule has 0 unspecified atom stereocenters. The van der Waals surface area contributed by atoms with Crippen LogP contribution in [-0.4, -0.2) is 20.1 Å². The Morgan fingerprint density at radius 1 is 0.947 bits per heavy atom. The lowest BCUT2D eigenvalue weighted by molar-refractivity contribution is 0.414. The van der Waals surface area contributed by atoms with Gasteiger partial charge in [-0.2, -0.15) is 0 Å². The van der Waals surface area contributed by atoms with E-state index in [1.54, 1.807) is 26.4 Å². The van der Waals surface area contributed by atoms with Crippen LogP contribution in [-0.2, 0) is 0 Å². The number of nitrogens with one attached hydrogen (secondary N) is 1. The maximum atomic E-state index is 7.64. The third-order valence-electron chi connectivity index (χ3n) is 2.92. The van der Waals surface area contributed by atoms with Gasteiger partial charge in [-0.1, -0.05) is 12.1 Å². The summed E-state index contributed by atoms with van der Waals surface area (Å²) >= 11 is 0. The SMILES string of the molecule is COc1ccc(-c2cc(OC)ccc2C(=N)N)cc1. The van der Waals surface area contributed by atoms with Gasteiger partial charge < -0.3 is 15.2 Å². The van der Waals surface area contributed by atoms with Crippen molar-refractivity contribution in [1.29, 1.82) is 5.41 Å². The van der Waals surface area contributed by atoms with Crippen molar-refractivity contribution in [1.82, 2.24) is 0 Å². The van der Waals surface area contributed by atoms with Gasteiger partial charge in [0.15, 0.2) is 0 Å². The molecule has 0 heterocycles. The molecule has 0 atom stereocenters. The topological polar surface area (TPSA) is 68.3 Å². The average molecular weight is 256 g/mol. The molecule has 2 aromatic rings. The van der Waals surface area contributed by atoms with Crippen LogP contribution in [0.2, 0.25) is 0 Å². The van der Waals surface area contributed by atoms with Gasteiger partial charge in [-0.25, -0.2) is 0 Å². The second-order valence-corrected chi connectivity index (χ2v) is 4.05. The van der Waals surface area contributed by atoms with E-state index < -0.39 is 0 Å². The summed E-state index contributed by atoms with van der Waals surface area (Å²) in [6.45, 7) is 0. The highest BCUT2D eigenvalue weighted by Gasteiger charge is 2.09. The van der Waals surface area contributed by atoms with Gasteiger partial charge in [0.2, 0.25) is 0 Å². The Labute approximate surface area is 112 Å². The summed E-state index contributed by atoms with van der Waals surface area (Å²) in [6, 6.07) is 13.1. The predicted molar refractivity (Wildman–Crippen MR) is 76.0 cm³/mol. The van der Waals surface area contributed by atoms with Gasteiger partial charge in [0.05, 0.1) is 14.2 Å². The van der Waals surface area contributed by atoms with Crippen LogP contribution in [0.4, 0.5) is 0 Å². The molecule has 3 N–H and O–H groups in total. The highest BCUT2D eigenvalue weighted by molar-refractivity contribution is 6.01. The molecule has 0 aliphatic carbocycles. The van der Waals surface area contributed by atoms with E-state index in [9.17, 15) is 0 Å². The van der Waals surface area contributed by atoms with Crippen LogP contribution in [0.5, 0.6) is 11.5 Å². The van der Waals surface area contributed by atoms with Crippen molar-refractivity contribution in [2.24, 2.45) is 5.73 Å². The number of nitrogens with two attached hydrogens (primary N) is 1. The first-order valence-electron chi connectivity index (χ1n) is 5.82. The highest BCUT2D eigenvalue weighted by atomic mass is 16.5. The van der Waals surface area contributed by atoms with Crippen molar-refractivity contribution in [3.63, 3.8) is 0 Å². The lowest BCUT2D eigenvalue weighted by Gasteiger charge is -2.11. The lowest BCUT2D eigenvalue weighted by atomic mass is 9.98. The summed E-state index contributed by atoms with van der Waals surface area (Å²) in [7, 11) is 3.24. The standard InChI is InChI=1S/C15H16N2O2/c1-18-11-5-3-10(4-6-11)14-9-12(19-2)7-8-13(14)15(16)17/h3-9H,1-2H3,(H3,16,17).